The van der Waals surface area contributed by atoms with Crippen LogP contribution in [0.25, 0.3) is 0 Å². The average molecular weight is 302 g/mol. The molecule has 0 bridgehead atoms. The molecule has 0 N–H and O–H groups in total. The first-order valence-electron chi connectivity index (χ1n) is 5.49. The standard InChI is InChI=1S/C13H9F3O3S/c14-13(15,16)9-2-1-3-12(6-9)20(18)8-11-5-4-10(7-17)19-11/h1-7H,8H2. The minimum atomic E-state index is -4.48. The number of halogens is 3. The lowest BCUT2D eigenvalue weighted by Crippen LogP contribution is -2.06. The summed E-state index contributed by atoms with van der Waals surface area (Å²) in [5.41, 5.74) is -0.851. The summed E-state index contributed by atoms with van der Waals surface area (Å²) in [7, 11) is -1.68. The zero-order chi connectivity index (χ0) is 14.8. The highest BCUT2D eigenvalue weighted by atomic mass is 32.2. The van der Waals surface area contributed by atoms with E-state index in [4.69, 9.17) is 4.42 Å². The van der Waals surface area contributed by atoms with Gasteiger partial charge >= 0.3 is 6.18 Å². The molecule has 0 radical (unpaired) electrons. The smallest absolute Gasteiger partial charge is 0.416 e. The molecule has 1 atom stereocenters. The van der Waals surface area contributed by atoms with Crippen molar-refractivity contribution in [1.29, 1.82) is 0 Å². The molecule has 0 fully saturated rings. The molecule has 1 aromatic carbocycles. The van der Waals surface area contributed by atoms with E-state index < -0.39 is 22.5 Å². The quantitative estimate of drug-likeness (QED) is 0.813. The van der Waals surface area contributed by atoms with E-state index in [0.717, 1.165) is 12.1 Å². The average Bonchev–Trinajstić information content (AvgIpc) is 2.85. The summed E-state index contributed by atoms with van der Waals surface area (Å²) in [4.78, 5) is 10.5. The monoisotopic (exact) mass is 302 g/mol. The maximum Gasteiger partial charge on any atom is 0.416 e. The molecule has 0 saturated carbocycles. The summed E-state index contributed by atoms with van der Waals surface area (Å²) >= 11 is 0. The third-order valence-electron chi connectivity index (χ3n) is 2.50. The molecule has 2 aromatic rings. The Morgan fingerprint density at radius 2 is 1.95 bits per heavy atom. The van der Waals surface area contributed by atoms with Crippen LogP contribution in [-0.2, 0) is 22.7 Å². The second kappa shape index (κ2) is 5.62. The predicted molar refractivity (Wildman–Crippen MR) is 65.7 cm³/mol. The van der Waals surface area contributed by atoms with Crippen molar-refractivity contribution >= 4 is 17.1 Å². The molecule has 2 rings (SSSR count). The van der Waals surface area contributed by atoms with E-state index in [1.165, 1.54) is 24.3 Å². The van der Waals surface area contributed by atoms with Crippen LogP contribution in [0.3, 0.4) is 0 Å². The fourth-order valence-corrected chi connectivity index (χ4v) is 2.63. The van der Waals surface area contributed by atoms with Gasteiger partial charge in [-0.15, -0.1) is 0 Å². The molecule has 7 heteroatoms. The van der Waals surface area contributed by atoms with Crippen LogP contribution < -0.4 is 0 Å². The Hall–Kier alpha value is -1.89. The zero-order valence-corrected chi connectivity index (χ0v) is 10.8. The van der Waals surface area contributed by atoms with Crippen molar-refractivity contribution in [3.63, 3.8) is 0 Å². The first-order chi connectivity index (χ1) is 9.40. The normalized spacial score (nSPS) is 13.2. The Bertz CT molecular complexity index is 646. The van der Waals surface area contributed by atoms with E-state index in [1.54, 1.807) is 0 Å². The summed E-state index contributed by atoms with van der Waals surface area (Å²) in [6.07, 6.45) is -3.98. The Kier molecular flexibility index (Phi) is 4.08. The van der Waals surface area contributed by atoms with E-state index >= 15 is 0 Å². The molecule has 0 aliphatic carbocycles. The van der Waals surface area contributed by atoms with Gasteiger partial charge in [-0.2, -0.15) is 13.2 Å². The largest absolute Gasteiger partial charge is 0.457 e. The number of hydrogen-bond donors (Lipinski definition) is 0. The summed E-state index contributed by atoms with van der Waals surface area (Å²) < 4.78 is 54.7. The first kappa shape index (κ1) is 14.5. The van der Waals surface area contributed by atoms with Gasteiger partial charge in [0.05, 0.1) is 22.1 Å². The number of rotatable bonds is 4. The summed E-state index contributed by atoms with van der Waals surface area (Å²) in [5, 5.41) is 0. The Labute approximate surface area is 114 Å². The molecular weight excluding hydrogens is 293 g/mol. The van der Waals surface area contributed by atoms with Gasteiger partial charge in [0.25, 0.3) is 0 Å². The minimum absolute atomic E-state index is 0.0591. The van der Waals surface area contributed by atoms with Crippen molar-refractivity contribution < 1.29 is 26.6 Å². The van der Waals surface area contributed by atoms with Gasteiger partial charge in [-0.3, -0.25) is 9.00 Å². The van der Waals surface area contributed by atoms with Crippen molar-refractivity contribution in [3.8, 4) is 0 Å². The van der Waals surface area contributed by atoms with Crippen molar-refractivity contribution in [2.45, 2.75) is 16.8 Å². The molecule has 1 unspecified atom stereocenters. The SMILES string of the molecule is O=Cc1ccc(CS(=O)c2cccc(C(F)(F)F)c2)o1. The molecule has 20 heavy (non-hydrogen) atoms. The van der Waals surface area contributed by atoms with Gasteiger partial charge in [0, 0.05) is 4.90 Å². The molecule has 106 valence electrons. The van der Waals surface area contributed by atoms with Gasteiger partial charge in [-0.05, 0) is 30.3 Å². The van der Waals surface area contributed by atoms with E-state index in [1.807, 2.05) is 0 Å². The van der Waals surface area contributed by atoms with Crippen LogP contribution >= 0.6 is 0 Å². The molecular formula is C13H9F3O3S. The highest BCUT2D eigenvalue weighted by Crippen LogP contribution is 2.30. The Balaban J connectivity index is 2.19. The number of aldehydes is 1. The Morgan fingerprint density at radius 3 is 2.55 bits per heavy atom. The highest BCUT2D eigenvalue weighted by Gasteiger charge is 2.30. The number of carbonyl (C=O) groups is 1. The Morgan fingerprint density at radius 1 is 1.20 bits per heavy atom. The van der Waals surface area contributed by atoms with Gasteiger partial charge in [0.15, 0.2) is 12.0 Å². The third-order valence-corrected chi connectivity index (χ3v) is 3.82. The molecule has 0 saturated heterocycles. The fourth-order valence-electron chi connectivity index (χ4n) is 1.56. The number of benzene rings is 1. The van der Waals surface area contributed by atoms with Crippen molar-refractivity contribution in [1.82, 2.24) is 0 Å². The molecule has 0 amide bonds. The molecule has 1 aromatic heterocycles. The second-order valence-electron chi connectivity index (χ2n) is 3.94. The number of carbonyl (C=O) groups excluding carboxylic acids is 1. The minimum Gasteiger partial charge on any atom is -0.457 e. The zero-order valence-electron chi connectivity index (χ0n) is 10.0. The maximum atomic E-state index is 12.6. The number of alkyl halides is 3. The van der Waals surface area contributed by atoms with Crippen LogP contribution in [0.5, 0.6) is 0 Å². The van der Waals surface area contributed by atoms with Crippen LogP contribution in [0.15, 0.2) is 45.7 Å². The topological polar surface area (TPSA) is 47.3 Å². The summed E-state index contributed by atoms with van der Waals surface area (Å²) in [6.45, 7) is 0. The van der Waals surface area contributed by atoms with Crippen LogP contribution in [0.4, 0.5) is 13.2 Å². The first-order valence-corrected chi connectivity index (χ1v) is 6.81. The van der Waals surface area contributed by atoms with Crippen LogP contribution in [-0.4, -0.2) is 10.5 Å². The lowest BCUT2D eigenvalue weighted by Gasteiger charge is -2.08. The van der Waals surface area contributed by atoms with Crippen LogP contribution in [0.2, 0.25) is 0 Å². The van der Waals surface area contributed by atoms with Gasteiger partial charge in [0.2, 0.25) is 0 Å². The number of furan rings is 1. The third kappa shape index (κ3) is 3.36. The molecule has 0 aliphatic heterocycles. The van der Waals surface area contributed by atoms with Crippen LogP contribution in [0.1, 0.15) is 21.9 Å². The van der Waals surface area contributed by atoms with Gasteiger partial charge < -0.3 is 4.42 Å². The van der Waals surface area contributed by atoms with E-state index in [-0.39, 0.29) is 22.2 Å². The lowest BCUT2D eigenvalue weighted by atomic mass is 10.2. The van der Waals surface area contributed by atoms with E-state index in [9.17, 15) is 22.2 Å². The van der Waals surface area contributed by atoms with E-state index in [0.29, 0.717) is 6.29 Å². The molecule has 1 heterocycles. The second-order valence-corrected chi connectivity index (χ2v) is 5.39. The molecule has 0 aliphatic rings. The predicted octanol–water partition coefficient (Wildman–Crippen LogP) is 3.42. The maximum absolute atomic E-state index is 12.6. The van der Waals surface area contributed by atoms with Crippen molar-refractivity contribution in [3.05, 3.63) is 53.5 Å². The summed E-state index contributed by atoms with van der Waals surface area (Å²) in [5.74, 6) is 0.277. The van der Waals surface area contributed by atoms with Gasteiger partial charge in [-0.1, -0.05) is 6.07 Å². The lowest BCUT2D eigenvalue weighted by molar-refractivity contribution is -0.137. The van der Waals surface area contributed by atoms with Crippen molar-refractivity contribution in [2.75, 3.05) is 0 Å². The van der Waals surface area contributed by atoms with E-state index in [2.05, 4.69) is 0 Å². The van der Waals surface area contributed by atoms with Crippen molar-refractivity contribution in [2.24, 2.45) is 0 Å². The van der Waals surface area contributed by atoms with Crippen LogP contribution in [0, 0.1) is 0 Å². The highest BCUT2D eigenvalue weighted by molar-refractivity contribution is 7.84. The van der Waals surface area contributed by atoms with Gasteiger partial charge in [0.1, 0.15) is 5.76 Å². The number of hydrogen-bond acceptors (Lipinski definition) is 3. The summed E-state index contributed by atoms with van der Waals surface area (Å²) in [6, 6.07) is 7.20. The van der Waals surface area contributed by atoms with Gasteiger partial charge in [-0.25, -0.2) is 0 Å². The molecule has 0 spiro atoms. The fraction of sp³-hybridized carbons (Fsp3) is 0.154. The molecule has 3 nitrogen and oxygen atoms in total.